The van der Waals surface area contributed by atoms with E-state index in [1.165, 1.54) is 16.7 Å². The number of allylic oxidation sites excluding steroid dienone is 2. The fourth-order valence-corrected chi connectivity index (χ4v) is 3.35. The molecular formula is C25H32O. The van der Waals surface area contributed by atoms with E-state index in [9.17, 15) is 4.79 Å². The summed E-state index contributed by atoms with van der Waals surface area (Å²) in [5, 5.41) is 0. The lowest BCUT2D eigenvalue weighted by molar-refractivity contribution is -0.109. The van der Waals surface area contributed by atoms with Gasteiger partial charge in [0.15, 0.2) is 0 Å². The summed E-state index contributed by atoms with van der Waals surface area (Å²) in [7, 11) is 0. The lowest BCUT2D eigenvalue weighted by Gasteiger charge is -2.25. The molecule has 0 radical (unpaired) electrons. The van der Waals surface area contributed by atoms with Crippen LogP contribution in [0, 0.1) is 12.3 Å². The zero-order valence-corrected chi connectivity index (χ0v) is 16.4. The summed E-state index contributed by atoms with van der Waals surface area (Å²) in [4.78, 5) is 11.2. The van der Waals surface area contributed by atoms with Gasteiger partial charge in [0.25, 0.3) is 0 Å². The van der Waals surface area contributed by atoms with Gasteiger partial charge >= 0.3 is 0 Å². The second-order valence-electron chi connectivity index (χ2n) is 7.69. The van der Waals surface area contributed by atoms with Gasteiger partial charge in [0.1, 0.15) is 6.29 Å². The Bertz CT molecular complexity index is 684. The van der Waals surface area contributed by atoms with Gasteiger partial charge < -0.3 is 4.79 Å². The van der Waals surface area contributed by atoms with Crippen LogP contribution < -0.4 is 0 Å². The molecular weight excluding hydrogens is 316 g/mol. The van der Waals surface area contributed by atoms with Crippen LogP contribution in [0.25, 0.3) is 0 Å². The van der Waals surface area contributed by atoms with Gasteiger partial charge in [-0.2, -0.15) is 0 Å². The molecule has 0 bridgehead atoms. The van der Waals surface area contributed by atoms with Crippen molar-refractivity contribution in [1.82, 2.24) is 0 Å². The van der Waals surface area contributed by atoms with E-state index in [4.69, 9.17) is 0 Å². The highest BCUT2D eigenvalue weighted by molar-refractivity contribution is 5.51. The Morgan fingerprint density at radius 2 is 1.73 bits per heavy atom. The first-order valence-electron chi connectivity index (χ1n) is 9.80. The number of aryl methyl sites for hydroxylation is 1. The first-order chi connectivity index (χ1) is 12.6. The van der Waals surface area contributed by atoms with Crippen LogP contribution in [0.1, 0.15) is 62.1 Å². The highest BCUT2D eigenvalue weighted by Crippen LogP contribution is 2.32. The maximum absolute atomic E-state index is 11.2. The summed E-state index contributed by atoms with van der Waals surface area (Å²) in [5.41, 5.74) is 3.91. The van der Waals surface area contributed by atoms with Gasteiger partial charge in [-0.1, -0.05) is 99.0 Å². The zero-order valence-electron chi connectivity index (χ0n) is 16.4. The number of aldehydes is 1. The van der Waals surface area contributed by atoms with Crippen LogP contribution in [0.3, 0.4) is 0 Å². The van der Waals surface area contributed by atoms with Crippen molar-refractivity contribution >= 4 is 6.29 Å². The minimum absolute atomic E-state index is 0.0443. The van der Waals surface area contributed by atoms with E-state index >= 15 is 0 Å². The molecule has 0 aliphatic carbocycles. The van der Waals surface area contributed by atoms with E-state index in [1.54, 1.807) is 0 Å². The van der Waals surface area contributed by atoms with E-state index in [1.807, 2.05) is 0 Å². The number of hydrogen-bond donors (Lipinski definition) is 0. The lowest BCUT2D eigenvalue weighted by atomic mass is 9.80. The Morgan fingerprint density at radius 1 is 1.04 bits per heavy atom. The number of carbonyl (C=O) groups excluding carboxylic acids is 1. The number of carbonyl (C=O) groups is 1. The van der Waals surface area contributed by atoms with Crippen molar-refractivity contribution in [2.45, 2.75) is 58.8 Å². The second-order valence-corrected chi connectivity index (χ2v) is 7.69. The molecule has 0 saturated carbocycles. The average Bonchev–Trinajstić information content (AvgIpc) is 2.65. The van der Waals surface area contributed by atoms with Crippen LogP contribution in [0.15, 0.2) is 66.7 Å². The predicted octanol–water partition coefficient (Wildman–Crippen LogP) is 6.66. The highest BCUT2D eigenvalue weighted by Gasteiger charge is 2.21. The summed E-state index contributed by atoms with van der Waals surface area (Å²) in [6.07, 6.45) is 10.6. The summed E-state index contributed by atoms with van der Waals surface area (Å²) < 4.78 is 0. The predicted molar refractivity (Wildman–Crippen MR) is 112 cm³/mol. The Hall–Kier alpha value is -2.15. The molecule has 0 unspecified atom stereocenters. The molecule has 2 atom stereocenters. The van der Waals surface area contributed by atoms with Gasteiger partial charge in [0, 0.05) is 12.3 Å². The fourth-order valence-electron chi connectivity index (χ4n) is 3.35. The van der Waals surface area contributed by atoms with Crippen LogP contribution in [-0.4, -0.2) is 6.29 Å². The van der Waals surface area contributed by atoms with E-state index in [-0.39, 0.29) is 5.41 Å². The van der Waals surface area contributed by atoms with Crippen LogP contribution in [-0.2, 0) is 11.2 Å². The summed E-state index contributed by atoms with van der Waals surface area (Å²) in [6.45, 7) is 6.54. The first-order valence-corrected chi connectivity index (χ1v) is 9.80. The van der Waals surface area contributed by atoms with E-state index < -0.39 is 0 Å². The van der Waals surface area contributed by atoms with Crippen LogP contribution in [0.5, 0.6) is 0 Å². The summed E-state index contributed by atoms with van der Waals surface area (Å²) in [6, 6.07) is 19.5. The topological polar surface area (TPSA) is 17.1 Å². The zero-order chi connectivity index (χ0) is 18.8. The smallest absolute Gasteiger partial charge is 0.120 e. The molecule has 0 aliphatic heterocycles. The Kier molecular flexibility index (Phi) is 7.84. The fraction of sp³-hybridized carbons (Fsp3) is 0.400. The number of unbranched alkanes of at least 4 members (excludes halogenated alkanes) is 1. The standard InChI is InChI=1S/C25H32O/c1-4-5-16-25(3,18-19-26)17-15-24(20-22-9-7-6-8-10-22)23-13-11-21(2)12-14-23/h6-15,17,19,24H,4-5,16,18,20H2,1-3H3/b17-15+/t24-,25+/m1/s1. The average molecular weight is 349 g/mol. The minimum atomic E-state index is -0.0443. The molecule has 0 amide bonds. The molecule has 0 aromatic heterocycles. The van der Waals surface area contributed by atoms with Crippen molar-refractivity contribution in [3.8, 4) is 0 Å². The normalized spacial score (nSPS) is 14.9. The molecule has 0 aliphatic rings. The van der Waals surface area contributed by atoms with Crippen LogP contribution in [0.2, 0.25) is 0 Å². The molecule has 0 N–H and O–H groups in total. The van der Waals surface area contributed by atoms with E-state index in [2.05, 4.69) is 87.5 Å². The Morgan fingerprint density at radius 3 is 2.35 bits per heavy atom. The quantitative estimate of drug-likeness (QED) is 0.346. The molecule has 1 heteroatoms. The van der Waals surface area contributed by atoms with Crippen molar-refractivity contribution in [2.24, 2.45) is 5.41 Å². The molecule has 26 heavy (non-hydrogen) atoms. The van der Waals surface area contributed by atoms with Crippen molar-refractivity contribution in [3.05, 3.63) is 83.4 Å². The number of hydrogen-bond acceptors (Lipinski definition) is 1. The Labute approximate surface area is 159 Å². The van der Waals surface area contributed by atoms with Gasteiger partial charge in [-0.25, -0.2) is 0 Å². The molecule has 1 nitrogen and oxygen atoms in total. The SMILES string of the molecule is CCCC[C@@](C)(/C=C/[C@H](Cc1ccccc1)c1ccc(C)cc1)CC=O. The third-order valence-corrected chi connectivity index (χ3v) is 5.19. The third kappa shape index (κ3) is 6.29. The maximum Gasteiger partial charge on any atom is 0.120 e. The van der Waals surface area contributed by atoms with E-state index in [0.717, 1.165) is 32.0 Å². The molecule has 0 spiro atoms. The van der Waals surface area contributed by atoms with Gasteiger partial charge in [-0.3, -0.25) is 0 Å². The number of benzene rings is 2. The monoisotopic (exact) mass is 348 g/mol. The molecule has 0 heterocycles. The van der Waals surface area contributed by atoms with E-state index in [0.29, 0.717) is 12.3 Å². The number of rotatable bonds is 10. The second kappa shape index (κ2) is 10.1. The van der Waals surface area contributed by atoms with Gasteiger partial charge in [0.05, 0.1) is 0 Å². The molecule has 2 rings (SSSR count). The Balaban J connectivity index is 2.26. The largest absolute Gasteiger partial charge is 0.303 e. The lowest BCUT2D eigenvalue weighted by Crippen LogP contribution is -2.14. The summed E-state index contributed by atoms with van der Waals surface area (Å²) >= 11 is 0. The van der Waals surface area contributed by atoms with Gasteiger partial charge in [0.2, 0.25) is 0 Å². The molecule has 0 saturated heterocycles. The van der Waals surface area contributed by atoms with Gasteiger partial charge in [-0.05, 0) is 36.3 Å². The van der Waals surface area contributed by atoms with Crippen LogP contribution >= 0.6 is 0 Å². The molecule has 2 aromatic carbocycles. The van der Waals surface area contributed by atoms with Crippen molar-refractivity contribution in [1.29, 1.82) is 0 Å². The molecule has 0 fully saturated rings. The van der Waals surface area contributed by atoms with Gasteiger partial charge in [-0.15, -0.1) is 0 Å². The van der Waals surface area contributed by atoms with Crippen molar-refractivity contribution in [3.63, 3.8) is 0 Å². The summed E-state index contributed by atoms with van der Waals surface area (Å²) in [5.74, 6) is 0.325. The maximum atomic E-state index is 11.2. The van der Waals surface area contributed by atoms with Crippen molar-refractivity contribution < 1.29 is 4.79 Å². The third-order valence-electron chi connectivity index (χ3n) is 5.19. The van der Waals surface area contributed by atoms with Crippen LogP contribution in [0.4, 0.5) is 0 Å². The highest BCUT2D eigenvalue weighted by atomic mass is 16.1. The minimum Gasteiger partial charge on any atom is -0.303 e. The molecule has 2 aromatic rings. The first kappa shape index (κ1) is 20.2. The molecule has 138 valence electrons. The van der Waals surface area contributed by atoms with Crippen molar-refractivity contribution in [2.75, 3.05) is 0 Å².